The first-order valence-corrected chi connectivity index (χ1v) is 12.2. The Hall–Kier alpha value is -3.94. The summed E-state index contributed by atoms with van der Waals surface area (Å²) in [5, 5.41) is 35.8. The van der Waals surface area contributed by atoms with Gasteiger partial charge in [-0.1, -0.05) is 0 Å². The Morgan fingerprint density at radius 1 is 0.974 bits per heavy atom. The van der Waals surface area contributed by atoms with E-state index in [1.807, 2.05) is 0 Å². The molecule has 10 nitrogen and oxygen atoms in total. The van der Waals surface area contributed by atoms with Gasteiger partial charge in [-0.2, -0.15) is 0 Å². The molecule has 200 valence electrons. The van der Waals surface area contributed by atoms with E-state index in [2.05, 4.69) is 10.3 Å². The van der Waals surface area contributed by atoms with Gasteiger partial charge >= 0.3 is 0 Å². The third-order valence-electron chi connectivity index (χ3n) is 7.76. The summed E-state index contributed by atoms with van der Waals surface area (Å²) in [4.78, 5) is 29.4. The van der Waals surface area contributed by atoms with E-state index in [0.29, 0.717) is 27.2 Å². The zero-order valence-corrected chi connectivity index (χ0v) is 20.2. The zero-order chi connectivity index (χ0) is 27.3. The second-order valence-corrected chi connectivity index (χ2v) is 9.78. The van der Waals surface area contributed by atoms with E-state index in [0.717, 1.165) is 0 Å². The number of aliphatic hydroxyl groups excluding tert-OH is 3. The van der Waals surface area contributed by atoms with E-state index in [4.69, 9.17) is 9.47 Å². The SMILES string of the molecule is CO[C@H]1[C@H](O)[C@@H](O)[C@H](n2c3cc(F)ccc3c3c4c(c5c6ccc(F)cc6[nH]c5c32)C(=O)NC4=O)O[C@@H]1CO. The summed E-state index contributed by atoms with van der Waals surface area (Å²) in [5.41, 5.74) is 1.23. The quantitative estimate of drug-likeness (QED) is 0.222. The van der Waals surface area contributed by atoms with Gasteiger partial charge < -0.3 is 34.3 Å². The van der Waals surface area contributed by atoms with Crippen LogP contribution in [-0.4, -0.2) is 74.8 Å². The number of hydrogen-bond acceptors (Lipinski definition) is 7. The largest absolute Gasteiger partial charge is 0.394 e. The van der Waals surface area contributed by atoms with Gasteiger partial charge in [0, 0.05) is 34.2 Å². The number of aromatic nitrogens is 2. The van der Waals surface area contributed by atoms with Gasteiger partial charge in [0.2, 0.25) is 0 Å². The molecule has 2 aliphatic rings. The molecule has 39 heavy (non-hydrogen) atoms. The number of carbonyl (C=O) groups excluding carboxylic acids is 2. The number of rotatable bonds is 3. The third kappa shape index (κ3) is 3.11. The maximum absolute atomic E-state index is 14.7. The van der Waals surface area contributed by atoms with E-state index in [1.54, 1.807) is 0 Å². The molecule has 0 spiro atoms. The number of methoxy groups -OCH3 is 1. The van der Waals surface area contributed by atoms with Crippen LogP contribution in [0.3, 0.4) is 0 Å². The van der Waals surface area contributed by atoms with Crippen LogP contribution in [-0.2, 0) is 9.47 Å². The molecule has 12 heteroatoms. The molecule has 2 aliphatic heterocycles. The summed E-state index contributed by atoms with van der Waals surface area (Å²) in [6.07, 6.45) is -6.62. The van der Waals surface area contributed by atoms with Crippen molar-refractivity contribution in [3.8, 4) is 0 Å². The van der Waals surface area contributed by atoms with Gasteiger partial charge in [0.05, 0.1) is 34.3 Å². The lowest BCUT2D eigenvalue weighted by atomic mass is 9.96. The van der Waals surface area contributed by atoms with Crippen molar-refractivity contribution in [2.45, 2.75) is 30.6 Å². The summed E-state index contributed by atoms with van der Waals surface area (Å²) in [7, 11) is 1.30. The normalized spacial score (nSPS) is 25.3. The molecule has 2 aromatic heterocycles. The van der Waals surface area contributed by atoms with Gasteiger partial charge in [0.25, 0.3) is 11.8 Å². The molecule has 5 N–H and O–H groups in total. The van der Waals surface area contributed by atoms with Crippen LogP contribution < -0.4 is 5.32 Å². The minimum absolute atomic E-state index is 0.0439. The van der Waals surface area contributed by atoms with Crippen LogP contribution in [0.2, 0.25) is 0 Å². The number of hydrogen-bond donors (Lipinski definition) is 5. The molecule has 0 unspecified atom stereocenters. The number of aliphatic hydroxyl groups is 3. The maximum atomic E-state index is 14.7. The van der Waals surface area contributed by atoms with Crippen molar-refractivity contribution in [1.82, 2.24) is 14.9 Å². The first kappa shape index (κ1) is 24.1. The molecule has 5 aromatic rings. The van der Waals surface area contributed by atoms with Crippen molar-refractivity contribution >= 4 is 55.4 Å². The molecule has 7 rings (SSSR count). The number of imide groups is 1. The number of nitrogens with zero attached hydrogens (tertiary/aromatic N) is 1. The molecule has 0 aliphatic carbocycles. The monoisotopic (exact) mass is 537 g/mol. The predicted molar refractivity (Wildman–Crippen MR) is 134 cm³/mol. The first-order chi connectivity index (χ1) is 18.7. The summed E-state index contributed by atoms with van der Waals surface area (Å²) in [6.45, 7) is -0.558. The third-order valence-corrected chi connectivity index (χ3v) is 7.76. The molecule has 1 fully saturated rings. The van der Waals surface area contributed by atoms with Gasteiger partial charge in [-0.15, -0.1) is 0 Å². The second-order valence-electron chi connectivity index (χ2n) is 9.78. The van der Waals surface area contributed by atoms with Crippen molar-refractivity contribution in [3.05, 3.63) is 59.2 Å². The summed E-state index contributed by atoms with van der Waals surface area (Å²) >= 11 is 0. The van der Waals surface area contributed by atoms with Crippen LogP contribution in [0.5, 0.6) is 0 Å². The summed E-state index contributed by atoms with van der Waals surface area (Å²) < 4.78 is 41.6. The van der Waals surface area contributed by atoms with Crippen LogP contribution in [0.4, 0.5) is 8.78 Å². The fourth-order valence-corrected chi connectivity index (χ4v) is 6.16. The number of aromatic amines is 1. The molecule has 0 saturated carbocycles. The summed E-state index contributed by atoms with van der Waals surface area (Å²) in [5.74, 6) is -2.46. The Morgan fingerprint density at radius 3 is 2.33 bits per heavy atom. The van der Waals surface area contributed by atoms with Gasteiger partial charge in [-0.05, 0) is 36.4 Å². The molecule has 2 amide bonds. The van der Waals surface area contributed by atoms with Crippen LogP contribution in [0.25, 0.3) is 43.6 Å². The topological polar surface area (TPSA) is 146 Å². The fourth-order valence-electron chi connectivity index (χ4n) is 6.16. The van der Waals surface area contributed by atoms with E-state index in [9.17, 15) is 33.7 Å². The molecule has 3 aromatic carbocycles. The van der Waals surface area contributed by atoms with Crippen molar-refractivity contribution in [1.29, 1.82) is 0 Å². The number of benzene rings is 3. The van der Waals surface area contributed by atoms with E-state index in [1.165, 1.54) is 48.1 Å². The molecular formula is C27H21F2N3O7. The number of ether oxygens (including phenoxy) is 2. The Labute approximate surface area is 217 Å². The standard InChI is InChI=1S/C27H21F2N3O7/c1-38-24-15(8-33)39-27(23(35)22(24)34)32-14-7-10(29)3-5-12(14)17-19-18(25(36)31-26(19)37)16-11-4-2-9(28)6-13(11)30-20(16)21(17)32/h2-7,15,22-24,27,30,33-35H,8H2,1H3,(H,31,36,37)/t15-,22-,23-,24-,27-/m1/s1. The number of halogens is 2. The van der Waals surface area contributed by atoms with E-state index < -0.39 is 60.7 Å². The van der Waals surface area contributed by atoms with Crippen molar-refractivity contribution < 1.29 is 43.2 Å². The number of nitrogens with one attached hydrogen (secondary N) is 2. The molecule has 4 heterocycles. The lowest BCUT2D eigenvalue weighted by molar-refractivity contribution is -0.255. The Morgan fingerprint density at radius 2 is 1.64 bits per heavy atom. The lowest BCUT2D eigenvalue weighted by Crippen LogP contribution is -2.57. The number of carbonyl (C=O) groups is 2. The summed E-state index contributed by atoms with van der Waals surface area (Å²) in [6, 6.07) is 7.79. The Kier molecular flexibility index (Phi) is 5.12. The predicted octanol–water partition coefficient (Wildman–Crippen LogP) is 2.22. The van der Waals surface area contributed by atoms with Crippen LogP contribution in [0.1, 0.15) is 26.9 Å². The Balaban J connectivity index is 1.69. The number of amides is 2. The highest BCUT2D eigenvalue weighted by atomic mass is 19.1. The molecular weight excluding hydrogens is 516 g/mol. The van der Waals surface area contributed by atoms with Crippen molar-refractivity contribution in [3.63, 3.8) is 0 Å². The lowest BCUT2D eigenvalue weighted by Gasteiger charge is -2.42. The van der Waals surface area contributed by atoms with E-state index in [-0.39, 0.29) is 27.5 Å². The second kappa shape index (κ2) is 8.28. The maximum Gasteiger partial charge on any atom is 0.259 e. The van der Waals surface area contributed by atoms with Gasteiger partial charge in [-0.3, -0.25) is 14.9 Å². The minimum Gasteiger partial charge on any atom is -0.394 e. The zero-order valence-electron chi connectivity index (χ0n) is 20.2. The van der Waals surface area contributed by atoms with Crippen LogP contribution in [0.15, 0.2) is 36.4 Å². The molecule has 1 saturated heterocycles. The minimum atomic E-state index is -1.61. The van der Waals surface area contributed by atoms with Crippen LogP contribution >= 0.6 is 0 Å². The molecule has 5 atom stereocenters. The highest BCUT2D eigenvalue weighted by Gasteiger charge is 2.47. The number of H-pyrrole nitrogens is 1. The van der Waals surface area contributed by atoms with Crippen molar-refractivity contribution in [2.75, 3.05) is 13.7 Å². The first-order valence-electron chi connectivity index (χ1n) is 12.2. The van der Waals surface area contributed by atoms with Crippen LogP contribution in [0, 0.1) is 11.6 Å². The van der Waals surface area contributed by atoms with E-state index >= 15 is 0 Å². The van der Waals surface area contributed by atoms with Crippen molar-refractivity contribution in [2.24, 2.45) is 0 Å². The average Bonchev–Trinajstić information content (AvgIpc) is 3.53. The molecule has 0 bridgehead atoms. The number of fused-ring (bicyclic) bond motifs is 10. The molecule has 0 radical (unpaired) electrons. The van der Waals surface area contributed by atoms with Gasteiger partial charge in [-0.25, -0.2) is 8.78 Å². The highest BCUT2D eigenvalue weighted by molar-refractivity contribution is 6.39. The highest BCUT2D eigenvalue weighted by Crippen LogP contribution is 2.46. The smallest absolute Gasteiger partial charge is 0.259 e. The fraction of sp³-hybridized carbons (Fsp3) is 0.259. The average molecular weight is 537 g/mol. The Bertz CT molecular complexity index is 1880. The van der Waals surface area contributed by atoms with Gasteiger partial charge in [0.15, 0.2) is 6.23 Å². The van der Waals surface area contributed by atoms with Gasteiger partial charge in [0.1, 0.15) is 36.1 Å².